The number of aryl methyl sites for hydroxylation is 3. The van der Waals surface area contributed by atoms with Gasteiger partial charge < -0.3 is 9.09 Å². The second-order valence-electron chi connectivity index (χ2n) is 4.90. The van der Waals surface area contributed by atoms with Gasteiger partial charge in [-0.2, -0.15) is 4.98 Å². The quantitative estimate of drug-likeness (QED) is 0.628. The molecule has 20 heavy (non-hydrogen) atoms. The van der Waals surface area contributed by atoms with Crippen LogP contribution in [0, 0.1) is 20.8 Å². The van der Waals surface area contributed by atoms with Gasteiger partial charge in [0.1, 0.15) is 0 Å². The number of ketones is 1. The van der Waals surface area contributed by atoms with Gasteiger partial charge in [0.2, 0.25) is 5.89 Å². The Hall–Kier alpha value is -1.62. The Labute approximate surface area is 122 Å². The molecule has 0 fully saturated rings. The van der Waals surface area contributed by atoms with Crippen LogP contribution < -0.4 is 0 Å². The van der Waals surface area contributed by atoms with Crippen molar-refractivity contribution in [2.75, 3.05) is 0 Å². The van der Waals surface area contributed by atoms with Gasteiger partial charge >= 0.3 is 0 Å². The van der Waals surface area contributed by atoms with E-state index in [9.17, 15) is 4.79 Å². The van der Waals surface area contributed by atoms with Gasteiger partial charge in [-0.25, -0.2) is 0 Å². The molecule has 0 aliphatic carbocycles. The van der Waals surface area contributed by atoms with Crippen LogP contribution in [-0.4, -0.2) is 25.9 Å². The van der Waals surface area contributed by atoms with E-state index in [1.807, 2.05) is 19.9 Å². The van der Waals surface area contributed by atoms with E-state index < -0.39 is 5.38 Å². The molecule has 1 atom stereocenters. The number of hydrogen-bond donors (Lipinski definition) is 0. The van der Waals surface area contributed by atoms with Crippen molar-refractivity contribution in [1.29, 1.82) is 0 Å². The number of nitrogens with zero attached hydrogens (tertiary/aromatic N) is 3. The highest BCUT2D eigenvalue weighted by atomic mass is 35.5. The lowest BCUT2D eigenvalue weighted by molar-refractivity contribution is 0.0991. The molecule has 0 aliphatic rings. The van der Waals surface area contributed by atoms with E-state index >= 15 is 0 Å². The number of alkyl halides is 1. The molecule has 2 aromatic heterocycles. The minimum atomic E-state index is -0.510. The van der Waals surface area contributed by atoms with E-state index in [0.29, 0.717) is 30.2 Å². The molecule has 0 amide bonds. The maximum Gasteiger partial charge on any atom is 0.223 e. The zero-order valence-corrected chi connectivity index (χ0v) is 12.9. The number of aromatic nitrogens is 3. The Bertz CT molecular complexity index is 628. The Morgan fingerprint density at radius 3 is 2.70 bits per heavy atom. The molecule has 0 spiro atoms. The number of carbonyl (C=O) groups is 1. The third kappa shape index (κ3) is 2.93. The molecule has 0 saturated heterocycles. The first-order valence-electron chi connectivity index (χ1n) is 6.54. The number of hydrogen-bond acceptors (Lipinski definition) is 4. The zero-order chi connectivity index (χ0) is 14.9. The molecule has 5 nitrogen and oxygen atoms in total. The summed E-state index contributed by atoms with van der Waals surface area (Å²) in [7, 11) is 0. The van der Waals surface area contributed by atoms with Crippen LogP contribution in [0.3, 0.4) is 0 Å². The summed E-state index contributed by atoms with van der Waals surface area (Å²) in [6.07, 6.45) is 0.664. The molecule has 2 aromatic rings. The summed E-state index contributed by atoms with van der Waals surface area (Å²) in [6, 6.07) is 1.89. The molecule has 0 N–H and O–H groups in total. The topological polar surface area (TPSA) is 60.9 Å². The minimum absolute atomic E-state index is 0.0403. The monoisotopic (exact) mass is 295 g/mol. The van der Waals surface area contributed by atoms with E-state index in [0.717, 1.165) is 11.4 Å². The van der Waals surface area contributed by atoms with Gasteiger partial charge in [-0.15, -0.1) is 11.6 Å². The fraction of sp³-hybridized carbons (Fsp3) is 0.500. The molecule has 0 bridgehead atoms. The molecular weight excluding hydrogens is 278 g/mol. The number of rotatable bonds is 5. The van der Waals surface area contributed by atoms with Crippen molar-refractivity contribution >= 4 is 17.4 Å². The number of halogens is 1. The zero-order valence-electron chi connectivity index (χ0n) is 12.1. The van der Waals surface area contributed by atoms with Crippen molar-refractivity contribution in [2.45, 2.75) is 46.0 Å². The van der Waals surface area contributed by atoms with Gasteiger partial charge in [0.15, 0.2) is 11.6 Å². The van der Waals surface area contributed by atoms with Crippen LogP contribution >= 0.6 is 11.6 Å². The molecule has 0 saturated carbocycles. The van der Waals surface area contributed by atoms with Gasteiger partial charge in [-0.3, -0.25) is 4.79 Å². The van der Waals surface area contributed by atoms with Gasteiger partial charge in [0.05, 0.1) is 5.38 Å². The normalized spacial score (nSPS) is 12.7. The molecule has 0 aliphatic heterocycles. The predicted octanol–water partition coefficient (Wildman–Crippen LogP) is 2.85. The van der Waals surface area contributed by atoms with Gasteiger partial charge in [-0.05, 0) is 26.8 Å². The molecule has 0 aromatic carbocycles. The summed E-state index contributed by atoms with van der Waals surface area (Å²) in [5.41, 5.74) is 2.65. The first kappa shape index (κ1) is 14.8. The average Bonchev–Trinajstić information content (AvgIpc) is 2.91. The number of carbonyl (C=O) groups excluding carboxylic acids is 1. The highest BCUT2D eigenvalue weighted by Gasteiger charge is 2.19. The SMILES string of the molecule is Cc1nc(CCn2c(C)cc(C(=O)C(C)Cl)c2C)no1. The molecule has 1 unspecified atom stereocenters. The highest BCUT2D eigenvalue weighted by Crippen LogP contribution is 2.19. The van der Waals surface area contributed by atoms with E-state index in [-0.39, 0.29) is 5.78 Å². The maximum atomic E-state index is 12.0. The van der Waals surface area contributed by atoms with Crippen LogP contribution in [0.4, 0.5) is 0 Å². The summed E-state index contributed by atoms with van der Waals surface area (Å²) in [4.78, 5) is 16.2. The molecule has 0 radical (unpaired) electrons. The minimum Gasteiger partial charge on any atom is -0.348 e. The van der Waals surface area contributed by atoms with Gasteiger partial charge in [0, 0.05) is 36.8 Å². The smallest absolute Gasteiger partial charge is 0.223 e. The third-order valence-corrected chi connectivity index (χ3v) is 3.53. The summed E-state index contributed by atoms with van der Waals surface area (Å²) in [5.74, 6) is 1.20. The molecule has 2 rings (SSSR count). The third-order valence-electron chi connectivity index (χ3n) is 3.33. The van der Waals surface area contributed by atoms with Crippen molar-refractivity contribution in [1.82, 2.24) is 14.7 Å². The van der Waals surface area contributed by atoms with E-state index in [1.54, 1.807) is 13.8 Å². The van der Waals surface area contributed by atoms with Crippen molar-refractivity contribution in [3.05, 3.63) is 34.7 Å². The lowest BCUT2D eigenvalue weighted by Crippen LogP contribution is -2.12. The average molecular weight is 296 g/mol. The fourth-order valence-corrected chi connectivity index (χ4v) is 2.38. The van der Waals surface area contributed by atoms with Crippen LogP contribution in [-0.2, 0) is 13.0 Å². The van der Waals surface area contributed by atoms with Crippen molar-refractivity contribution < 1.29 is 9.32 Å². The largest absolute Gasteiger partial charge is 0.348 e. The first-order valence-corrected chi connectivity index (χ1v) is 6.98. The van der Waals surface area contributed by atoms with E-state index in [4.69, 9.17) is 16.1 Å². The van der Waals surface area contributed by atoms with E-state index in [1.165, 1.54) is 0 Å². The first-order chi connectivity index (χ1) is 9.40. The lowest BCUT2D eigenvalue weighted by Gasteiger charge is -2.08. The molecular formula is C14H18ClN3O2. The summed E-state index contributed by atoms with van der Waals surface area (Å²) in [6.45, 7) is 8.07. The molecule has 108 valence electrons. The van der Waals surface area contributed by atoms with Gasteiger partial charge in [0.25, 0.3) is 0 Å². The summed E-state index contributed by atoms with van der Waals surface area (Å²) < 4.78 is 7.03. The second kappa shape index (κ2) is 5.79. The second-order valence-corrected chi connectivity index (χ2v) is 5.55. The van der Waals surface area contributed by atoms with Crippen LogP contribution in [0.2, 0.25) is 0 Å². The van der Waals surface area contributed by atoms with E-state index in [2.05, 4.69) is 14.7 Å². The van der Waals surface area contributed by atoms with Crippen molar-refractivity contribution in [3.8, 4) is 0 Å². The maximum absolute atomic E-state index is 12.0. The van der Waals surface area contributed by atoms with Crippen LogP contribution in [0.25, 0.3) is 0 Å². The highest BCUT2D eigenvalue weighted by molar-refractivity contribution is 6.33. The fourth-order valence-electron chi connectivity index (χ4n) is 2.26. The molecule has 2 heterocycles. The Morgan fingerprint density at radius 2 is 2.15 bits per heavy atom. The molecule has 6 heteroatoms. The van der Waals surface area contributed by atoms with Crippen LogP contribution in [0.15, 0.2) is 10.6 Å². The lowest BCUT2D eigenvalue weighted by atomic mass is 10.1. The Kier molecular flexibility index (Phi) is 4.28. The van der Waals surface area contributed by atoms with Crippen molar-refractivity contribution in [3.63, 3.8) is 0 Å². The Balaban J connectivity index is 2.18. The van der Waals surface area contributed by atoms with Crippen molar-refractivity contribution in [2.24, 2.45) is 0 Å². The van der Waals surface area contributed by atoms with Crippen LogP contribution in [0.1, 0.15) is 40.4 Å². The summed E-state index contributed by atoms with van der Waals surface area (Å²) in [5, 5.41) is 3.36. The standard InChI is InChI=1S/C14H18ClN3O2/c1-8-7-12(14(19)9(2)15)10(3)18(8)6-5-13-16-11(4)20-17-13/h7,9H,5-6H2,1-4H3. The number of Topliss-reactive ketones (excluding diaryl/α,β-unsaturated/α-hetero) is 1. The van der Waals surface area contributed by atoms with Gasteiger partial charge in [-0.1, -0.05) is 5.16 Å². The predicted molar refractivity (Wildman–Crippen MR) is 76.3 cm³/mol. The van der Waals surface area contributed by atoms with Crippen LogP contribution in [0.5, 0.6) is 0 Å². The summed E-state index contributed by atoms with van der Waals surface area (Å²) >= 11 is 5.88. The Morgan fingerprint density at radius 1 is 1.45 bits per heavy atom.